The molecule has 1 unspecified atom stereocenters. The van der Waals surface area contributed by atoms with Crippen LogP contribution in [0.25, 0.3) is 0 Å². The molecule has 1 aliphatic heterocycles. The first-order valence-electron chi connectivity index (χ1n) is 7.02. The second kappa shape index (κ2) is 6.60. The second-order valence-corrected chi connectivity index (χ2v) is 7.65. The van der Waals surface area contributed by atoms with Crippen LogP contribution >= 0.6 is 11.6 Å². The third-order valence-electron chi connectivity index (χ3n) is 3.91. The first-order valence-corrected chi connectivity index (χ1v) is 8.84. The van der Waals surface area contributed by atoms with E-state index in [2.05, 4.69) is 5.32 Å². The Kier molecular flexibility index (Phi) is 5.24. The van der Waals surface area contributed by atoms with Crippen molar-refractivity contribution in [3.05, 3.63) is 28.5 Å². The van der Waals surface area contributed by atoms with Gasteiger partial charge in [-0.05, 0) is 37.1 Å². The summed E-state index contributed by atoms with van der Waals surface area (Å²) < 4.78 is 40.5. The van der Waals surface area contributed by atoms with Crippen LogP contribution in [0.15, 0.2) is 17.0 Å². The van der Waals surface area contributed by atoms with Gasteiger partial charge < -0.3 is 5.32 Å². The summed E-state index contributed by atoms with van der Waals surface area (Å²) in [7, 11) is -1.96. The van der Waals surface area contributed by atoms with Crippen molar-refractivity contribution in [1.29, 1.82) is 0 Å². The average molecular weight is 335 g/mol. The van der Waals surface area contributed by atoms with Gasteiger partial charge in [-0.15, -0.1) is 0 Å². The summed E-state index contributed by atoms with van der Waals surface area (Å²) in [5, 5.41) is 2.83. The lowest BCUT2D eigenvalue weighted by molar-refractivity contribution is 0.452. The summed E-state index contributed by atoms with van der Waals surface area (Å²) in [6, 6.07) is 2.46. The highest BCUT2D eigenvalue weighted by atomic mass is 35.5. The van der Waals surface area contributed by atoms with Crippen molar-refractivity contribution in [3.63, 3.8) is 0 Å². The third-order valence-corrected chi connectivity index (χ3v) is 6.17. The molecule has 0 radical (unpaired) electrons. The molecular weight excluding hydrogens is 315 g/mol. The van der Waals surface area contributed by atoms with E-state index < -0.39 is 15.8 Å². The number of hydrogen-bond donors (Lipinski definition) is 1. The topological polar surface area (TPSA) is 49.4 Å². The molecule has 4 nitrogen and oxygen atoms in total. The molecule has 0 bridgehead atoms. The van der Waals surface area contributed by atoms with Gasteiger partial charge in [-0.25, -0.2) is 12.8 Å². The lowest BCUT2D eigenvalue weighted by Gasteiger charge is -2.17. The van der Waals surface area contributed by atoms with Crippen molar-refractivity contribution in [3.8, 4) is 0 Å². The SMILES string of the molecule is CCC1CCN(S(=O)(=O)c2cc(F)c(Cl)c(CNC)c2)C1. The highest BCUT2D eigenvalue weighted by Crippen LogP contribution is 2.29. The fourth-order valence-corrected chi connectivity index (χ4v) is 4.35. The summed E-state index contributed by atoms with van der Waals surface area (Å²) in [4.78, 5) is -0.0218. The van der Waals surface area contributed by atoms with Crippen molar-refractivity contribution >= 4 is 21.6 Å². The predicted molar refractivity (Wildman–Crippen MR) is 81.3 cm³/mol. The van der Waals surface area contributed by atoms with Gasteiger partial charge in [0.05, 0.1) is 9.92 Å². The largest absolute Gasteiger partial charge is 0.316 e. The van der Waals surface area contributed by atoms with Crippen LogP contribution in [0.3, 0.4) is 0 Å². The quantitative estimate of drug-likeness (QED) is 0.900. The van der Waals surface area contributed by atoms with Crippen molar-refractivity contribution in [2.45, 2.75) is 31.2 Å². The van der Waals surface area contributed by atoms with Gasteiger partial charge in [-0.1, -0.05) is 24.9 Å². The molecule has 0 aromatic heterocycles. The first kappa shape index (κ1) is 16.7. The number of halogens is 2. The molecule has 1 heterocycles. The van der Waals surface area contributed by atoms with Crippen LogP contribution in [0.4, 0.5) is 4.39 Å². The zero-order valence-electron chi connectivity index (χ0n) is 12.2. The fourth-order valence-electron chi connectivity index (χ4n) is 2.58. The van der Waals surface area contributed by atoms with Crippen molar-refractivity contribution in [2.75, 3.05) is 20.1 Å². The van der Waals surface area contributed by atoms with E-state index in [9.17, 15) is 12.8 Å². The third kappa shape index (κ3) is 3.39. The molecule has 1 aliphatic rings. The van der Waals surface area contributed by atoms with Gasteiger partial charge in [0.15, 0.2) is 0 Å². The molecule has 1 aromatic carbocycles. The Labute approximate surface area is 130 Å². The summed E-state index contributed by atoms with van der Waals surface area (Å²) in [5.41, 5.74) is 0.448. The van der Waals surface area contributed by atoms with Gasteiger partial charge in [-0.2, -0.15) is 4.31 Å². The van der Waals surface area contributed by atoms with Crippen LogP contribution in [-0.2, 0) is 16.6 Å². The Morgan fingerprint density at radius 3 is 2.76 bits per heavy atom. The maximum Gasteiger partial charge on any atom is 0.243 e. The van der Waals surface area contributed by atoms with Crippen LogP contribution in [0.1, 0.15) is 25.3 Å². The van der Waals surface area contributed by atoms with Gasteiger partial charge in [0.2, 0.25) is 10.0 Å². The van der Waals surface area contributed by atoms with E-state index in [0.717, 1.165) is 18.9 Å². The average Bonchev–Trinajstić information content (AvgIpc) is 2.93. The van der Waals surface area contributed by atoms with E-state index in [-0.39, 0.29) is 9.92 Å². The van der Waals surface area contributed by atoms with E-state index >= 15 is 0 Å². The highest BCUT2D eigenvalue weighted by molar-refractivity contribution is 7.89. The molecule has 1 N–H and O–H groups in total. The number of nitrogens with one attached hydrogen (secondary N) is 1. The van der Waals surface area contributed by atoms with Crippen molar-refractivity contribution < 1.29 is 12.8 Å². The fraction of sp³-hybridized carbons (Fsp3) is 0.571. The van der Waals surface area contributed by atoms with E-state index in [1.807, 2.05) is 6.92 Å². The minimum atomic E-state index is -3.65. The number of benzene rings is 1. The highest BCUT2D eigenvalue weighted by Gasteiger charge is 2.32. The Morgan fingerprint density at radius 2 is 2.19 bits per heavy atom. The first-order chi connectivity index (χ1) is 9.90. The van der Waals surface area contributed by atoms with Gasteiger partial charge in [-0.3, -0.25) is 0 Å². The molecule has 0 spiro atoms. The van der Waals surface area contributed by atoms with Gasteiger partial charge in [0, 0.05) is 19.6 Å². The van der Waals surface area contributed by atoms with Gasteiger partial charge in [0.1, 0.15) is 5.82 Å². The molecule has 21 heavy (non-hydrogen) atoms. The minimum absolute atomic E-state index is 0.0218. The molecule has 2 rings (SSSR count). The Balaban J connectivity index is 2.36. The van der Waals surface area contributed by atoms with Gasteiger partial charge in [0.25, 0.3) is 0 Å². The summed E-state index contributed by atoms with van der Waals surface area (Å²) >= 11 is 5.88. The molecule has 118 valence electrons. The van der Waals surface area contributed by atoms with Crippen LogP contribution in [0.2, 0.25) is 5.02 Å². The Bertz CT molecular complexity index is 622. The predicted octanol–water partition coefficient (Wildman–Crippen LogP) is 2.62. The normalized spacial score (nSPS) is 20.1. The van der Waals surface area contributed by atoms with E-state index in [1.54, 1.807) is 7.05 Å². The molecule has 0 saturated carbocycles. The smallest absolute Gasteiger partial charge is 0.243 e. The van der Waals surface area contributed by atoms with Crippen LogP contribution in [0, 0.1) is 11.7 Å². The molecule has 1 aromatic rings. The van der Waals surface area contributed by atoms with Crippen molar-refractivity contribution in [2.24, 2.45) is 5.92 Å². The Morgan fingerprint density at radius 1 is 1.48 bits per heavy atom. The maximum absolute atomic E-state index is 13.9. The summed E-state index contributed by atoms with van der Waals surface area (Å²) in [5.74, 6) is -0.317. The molecule has 1 saturated heterocycles. The summed E-state index contributed by atoms with van der Waals surface area (Å²) in [6.07, 6.45) is 1.81. The monoisotopic (exact) mass is 334 g/mol. The van der Waals surface area contributed by atoms with E-state index in [4.69, 9.17) is 11.6 Å². The number of rotatable bonds is 5. The Hall–Kier alpha value is -0.690. The lowest BCUT2D eigenvalue weighted by atomic mass is 10.1. The summed E-state index contributed by atoms with van der Waals surface area (Å²) in [6.45, 7) is 3.36. The van der Waals surface area contributed by atoms with Crippen LogP contribution < -0.4 is 5.32 Å². The zero-order chi connectivity index (χ0) is 15.6. The minimum Gasteiger partial charge on any atom is -0.316 e. The number of sulfonamides is 1. The zero-order valence-corrected chi connectivity index (χ0v) is 13.8. The van der Waals surface area contributed by atoms with Crippen LogP contribution in [-0.4, -0.2) is 32.9 Å². The van der Waals surface area contributed by atoms with Crippen LogP contribution in [0.5, 0.6) is 0 Å². The van der Waals surface area contributed by atoms with Gasteiger partial charge >= 0.3 is 0 Å². The standard InChI is InChI=1S/C14H20ClFN2O2S/c1-3-10-4-5-18(9-10)21(19,20)12-6-11(8-17-2)14(15)13(16)7-12/h6-7,10,17H,3-5,8-9H2,1-2H3. The lowest BCUT2D eigenvalue weighted by Crippen LogP contribution is -2.29. The molecule has 0 amide bonds. The second-order valence-electron chi connectivity index (χ2n) is 5.33. The molecule has 0 aliphatic carbocycles. The maximum atomic E-state index is 13.9. The van der Waals surface area contributed by atoms with E-state index in [0.29, 0.717) is 31.1 Å². The number of nitrogens with zero attached hydrogens (tertiary/aromatic N) is 1. The molecule has 1 fully saturated rings. The molecular formula is C14H20ClFN2O2S. The molecule has 7 heteroatoms. The van der Waals surface area contributed by atoms with Crippen molar-refractivity contribution in [1.82, 2.24) is 9.62 Å². The molecule has 1 atom stereocenters. The van der Waals surface area contributed by atoms with E-state index in [1.165, 1.54) is 10.4 Å². The number of hydrogen-bond acceptors (Lipinski definition) is 3.